The first-order valence-corrected chi connectivity index (χ1v) is 14.8. The number of aromatic nitrogens is 1. The van der Waals surface area contributed by atoms with E-state index >= 15 is 0 Å². The summed E-state index contributed by atoms with van der Waals surface area (Å²) >= 11 is 0. The highest BCUT2D eigenvalue weighted by Crippen LogP contribution is 2.24. The number of fused-ring (bicyclic) bond motifs is 1. The van der Waals surface area contributed by atoms with Crippen LogP contribution in [0, 0.1) is 0 Å². The molecule has 0 radical (unpaired) electrons. The maximum atomic E-state index is 12.8. The summed E-state index contributed by atoms with van der Waals surface area (Å²) in [5, 5.41) is 29.1. The van der Waals surface area contributed by atoms with Crippen LogP contribution in [0.5, 0.6) is 0 Å². The van der Waals surface area contributed by atoms with E-state index in [0.29, 0.717) is 29.0 Å². The molecule has 2 amide bonds. The van der Waals surface area contributed by atoms with Gasteiger partial charge in [-0.15, -0.1) is 0 Å². The predicted octanol–water partition coefficient (Wildman–Crippen LogP) is 5.84. The van der Waals surface area contributed by atoms with Crippen LogP contribution in [0.3, 0.4) is 0 Å². The number of carbonyl (C=O) groups is 2. The Morgan fingerprint density at radius 3 is 1.84 bits per heavy atom. The lowest BCUT2D eigenvalue weighted by molar-refractivity contribution is 0.101. The van der Waals surface area contributed by atoms with Gasteiger partial charge in [0.2, 0.25) is 0 Å². The Morgan fingerprint density at radius 1 is 0.705 bits per heavy atom. The molecule has 44 heavy (non-hydrogen) atoms. The zero-order valence-electron chi connectivity index (χ0n) is 24.2. The minimum Gasteiger partial charge on any atom is -0.395 e. The van der Waals surface area contributed by atoms with Crippen LogP contribution in [0.15, 0.2) is 103 Å². The summed E-state index contributed by atoms with van der Waals surface area (Å²) in [5.74, 6) is -0.372. The first-order valence-electron chi connectivity index (χ1n) is 14.8. The van der Waals surface area contributed by atoms with Gasteiger partial charge < -0.3 is 35.6 Å². The average molecular weight is 590 g/mol. The van der Waals surface area contributed by atoms with Gasteiger partial charge in [0.15, 0.2) is 0 Å². The van der Waals surface area contributed by atoms with Crippen molar-refractivity contribution in [3.63, 3.8) is 0 Å². The number of hydrogen-bond acceptors (Lipinski definition) is 6. The van der Waals surface area contributed by atoms with E-state index < -0.39 is 0 Å². The summed E-state index contributed by atoms with van der Waals surface area (Å²) in [6, 6.07) is 29.9. The molecule has 0 bridgehead atoms. The van der Waals surface area contributed by atoms with E-state index in [-0.39, 0.29) is 24.5 Å². The van der Waals surface area contributed by atoms with Gasteiger partial charge in [-0.1, -0.05) is 0 Å². The maximum Gasteiger partial charge on any atom is 0.255 e. The molecule has 6 rings (SSSR count). The van der Waals surface area contributed by atoms with Crippen molar-refractivity contribution in [2.75, 3.05) is 40.5 Å². The summed E-state index contributed by atoms with van der Waals surface area (Å²) in [5.41, 5.74) is 6.26. The number of carbonyl (C=O) groups excluding carboxylic acids is 2. The van der Waals surface area contributed by atoms with Crippen molar-refractivity contribution in [1.82, 2.24) is 4.57 Å². The Balaban J connectivity index is 1.01. The van der Waals surface area contributed by atoms with Crippen molar-refractivity contribution in [1.29, 1.82) is 0 Å². The first-order chi connectivity index (χ1) is 21.4. The van der Waals surface area contributed by atoms with Crippen molar-refractivity contribution >= 4 is 51.2 Å². The van der Waals surface area contributed by atoms with Gasteiger partial charge in [0.25, 0.3) is 11.8 Å². The number of aliphatic hydroxyl groups is 2. The summed E-state index contributed by atoms with van der Waals surface area (Å²) in [4.78, 5) is 27.9. The van der Waals surface area contributed by atoms with E-state index in [1.54, 1.807) is 6.07 Å². The summed E-state index contributed by atoms with van der Waals surface area (Å²) in [6.07, 6.45) is 3.21. The summed E-state index contributed by atoms with van der Waals surface area (Å²) < 4.78 is 1.95. The van der Waals surface area contributed by atoms with Gasteiger partial charge in [-0.25, -0.2) is 0 Å². The fourth-order valence-electron chi connectivity index (χ4n) is 5.44. The lowest BCUT2D eigenvalue weighted by Gasteiger charge is -2.31. The minimum atomic E-state index is -0.218. The molecule has 224 valence electrons. The van der Waals surface area contributed by atoms with Crippen molar-refractivity contribution in [3.8, 4) is 0 Å². The third kappa shape index (κ3) is 6.75. The molecule has 0 saturated carbocycles. The molecule has 2 heterocycles. The van der Waals surface area contributed by atoms with Gasteiger partial charge in [0.1, 0.15) is 0 Å². The molecule has 1 saturated heterocycles. The average Bonchev–Trinajstić information content (AvgIpc) is 3.45. The van der Waals surface area contributed by atoms with E-state index in [0.717, 1.165) is 53.9 Å². The zero-order chi connectivity index (χ0) is 30.5. The van der Waals surface area contributed by atoms with Crippen LogP contribution in [0.25, 0.3) is 10.9 Å². The Labute approximate surface area is 255 Å². The van der Waals surface area contributed by atoms with Gasteiger partial charge in [0, 0.05) is 76.3 Å². The molecule has 1 aliphatic rings. The molecule has 1 aliphatic heterocycles. The van der Waals surface area contributed by atoms with Crippen LogP contribution in [0.1, 0.15) is 33.6 Å². The zero-order valence-corrected chi connectivity index (χ0v) is 24.2. The highest BCUT2D eigenvalue weighted by Gasteiger charge is 2.17. The molecule has 0 atom stereocenters. The second-order valence-electron chi connectivity index (χ2n) is 11.0. The van der Waals surface area contributed by atoms with Crippen LogP contribution in [-0.4, -0.2) is 52.4 Å². The standard InChI is InChI=1S/C35H35N5O4/c41-22-21-40-18-15-25-23-26(3-14-33(25)40)35(44)38-30-10-6-28(7-11-30)36-27-4-8-29(9-5-27)37-34(43)24-1-12-31(13-2-24)39-19-16-32(42)17-20-39/h1-15,18,23,32,36,41-42H,16-17,19-22H2,(H,37,43)(H,38,44). The van der Waals surface area contributed by atoms with E-state index in [2.05, 4.69) is 20.9 Å². The number of nitrogens with one attached hydrogen (secondary N) is 3. The van der Waals surface area contributed by atoms with Crippen molar-refractivity contribution in [2.24, 2.45) is 0 Å². The Hall–Kier alpha value is -5.12. The second kappa shape index (κ2) is 13.0. The van der Waals surface area contributed by atoms with Gasteiger partial charge in [-0.2, -0.15) is 0 Å². The number of amides is 2. The number of hydrogen-bond donors (Lipinski definition) is 5. The van der Waals surface area contributed by atoms with Crippen molar-refractivity contribution in [2.45, 2.75) is 25.5 Å². The molecule has 9 nitrogen and oxygen atoms in total. The molecular weight excluding hydrogens is 554 g/mol. The maximum absolute atomic E-state index is 12.8. The first kappa shape index (κ1) is 29.0. The molecule has 0 unspecified atom stereocenters. The molecule has 5 aromatic rings. The number of benzene rings is 4. The van der Waals surface area contributed by atoms with Crippen LogP contribution < -0.4 is 20.9 Å². The number of nitrogens with zero attached hydrogens (tertiary/aromatic N) is 2. The summed E-state index contributed by atoms with van der Waals surface area (Å²) in [6.45, 7) is 2.20. The van der Waals surface area contributed by atoms with E-state index in [1.165, 1.54) is 0 Å². The van der Waals surface area contributed by atoms with Crippen LogP contribution >= 0.6 is 0 Å². The Bertz CT molecular complexity index is 1740. The molecule has 0 spiro atoms. The molecule has 1 aromatic heterocycles. The van der Waals surface area contributed by atoms with E-state index in [4.69, 9.17) is 0 Å². The van der Waals surface area contributed by atoms with Crippen LogP contribution in [0.4, 0.5) is 28.4 Å². The molecule has 4 aromatic carbocycles. The quantitative estimate of drug-likeness (QED) is 0.147. The minimum absolute atomic E-state index is 0.0593. The highest BCUT2D eigenvalue weighted by atomic mass is 16.3. The van der Waals surface area contributed by atoms with E-state index in [1.807, 2.05) is 102 Å². The number of rotatable bonds is 9. The third-order valence-electron chi connectivity index (χ3n) is 7.91. The normalized spacial score (nSPS) is 13.5. The van der Waals surface area contributed by atoms with Crippen molar-refractivity contribution in [3.05, 3.63) is 114 Å². The fourth-order valence-corrected chi connectivity index (χ4v) is 5.44. The smallest absolute Gasteiger partial charge is 0.255 e. The second-order valence-corrected chi connectivity index (χ2v) is 11.0. The molecule has 1 fully saturated rings. The largest absolute Gasteiger partial charge is 0.395 e. The van der Waals surface area contributed by atoms with Crippen molar-refractivity contribution < 1.29 is 19.8 Å². The fraction of sp³-hybridized carbons (Fsp3) is 0.200. The van der Waals surface area contributed by atoms with Gasteiger partial charge >= 0.3 is 0 Å². The lowest BCUT2D eigenvalue weighted by atomic mass is 10.1. The highest BCUT2D eigenvalue weighted by molar-refractivity contribution is 6.06. The predicted molar refractivity (Wildman–Crippen MR) is 175 cm³/mol. The van der Waals surface area contributed by atoms with Gasteiger partial charge in [0.05, 0.1) is 12.7 Å². The van der Waals surface area contributed by atoms with Gasteiger partial charge in [-0.3, -0.25) is 9.59 Å². The Kier molecular flexibility index (Phi) is 8.58. The third-order valence-corrected chi connectivity index (χ3v) is 7.91. The lowest BCUT2D eigenvalue weighted by Crippen LogP contribution is -2.35. The molecule has 9 heteroatoms. The number of piperidine rings is 1. The van der Waals surface area contributed by atoms with E-state index in [9.17, 15) is 19.8 Å². The monoisotopic (exact) mass is 589 g/mol. The van der Waals surface area contributed by atoms with Crippen LogP contribution in [0.2, 0.25) is 0 Å². The molecule has 0 aliphatic carbocycles. The number of aliphatic hydroxyl groups excluding tert-OH is 2. The Morgan fingerprint density at radius 2 is 1.25 bits per heavy atom. The molecular formula is C35H35N5O4. The van der Waals surface area contributed by atoms with Crippen LogP contribution in [-0.2, 0) is 6.54 Å². The molecule has 5 N–H and O–H groups in total. The summed E-state index contributed by atoms with van der Waals surface area (Å²) in [7, 11) is 0. The SMILES string of the molecule is O=C(Nc1ccc(Nc2ccc(NC(=O)c3ccc4c(ccn4CCO)c3)cc2)cc1)c1ccc(N2CCC(O)CC2)cc1. The number of anilines is 5. The van der Waals surface area contributed by atoms with Gasteiger partial charge in [-0.05, 0) is 110 Å². The topological polar surface area (TPSA) is 119 Å².